The second-order valence-electron chi connectivity index (χ2n) is 3.53. The predicted octanol–water partition coefficient (Wildman–Crippen LogP) is -1.48. The van der Waals surface area contributed by atoms with Gasteiger partial charge in [0.25, 0.3) is 0 Å². The van der Waals surface area contributed by atoms with Crippen molar-refractivity contribution in [3.8, 4) is 0 Å². The number of nitrogens with two attached hydrogens (primary N) is 1. The number of rotatable bonds is 2. The Bertz CT molecular complexity index is 265. The zero-order valence-electron chi connectivity index (χ0n) is 8.10. The summed E-state index contributed by atoms with van der Waals surface area (Å²) in [4.78, 5) is 2.10. The zero-order chi connectivity index (χ0) is 10.1. The molecule has 1 atom stereocenters. The second kappa shape index (κ2) is 3.91. The normalized spacial score (nSPS) is 27.8. The van der Waals surface area contributed by atoms with Crippen molar-refractivity contribution in [1.82, 2.24) is 9.21 Å². The molecule has 1 fully saturated rings. The number of hydrogen-bond acceptors (Lipinski definition) is 4. The van der Waals surface area contributed by atoms with Crippen molar-refractivity contribution in [1.29, 1.82) is 0 Å². The molecular formula is C7H17N3O2S. The largest absolute Gasteiger partial charge is 0.329 e. The number of piperazine rings is 1. The zero-order valence-corrected chi connectivity index (χ0v) is 8.92. The van der Waals surface area contributed by atoms with E-state index in [1.165, 1.54) is 10.6 Å². The minimum atomic E-state index is -3.08. The fourth-order valence-corrected chi connectivity index (χ4v) is 2.73. The van der Waals surface area contributed by atoms with Gasteiger partial charge in [0, 0.05) is 32.2 Å². The van der Waals surface area contributed by atoms with Crippen molar-refractivity contribution in [3.05, 3.63) is 0 Å². The van der Waals surface area contributed by atoms with Gasteiger partial charge in [0.15, 0.2) is 0 Å². The maximum Gasteiger partial charge on any atom is 0.211 e. The Morgan fingerprint density at radius 2 is 2.08 bits per heavy atom. The van der Waals surface area contributed by atoms with E-state index in [0.717, 1.165) is 13.1 Å². The van der Waals surface area contributed by atoms with Crippen molar-refractivity contribution in [2.75, 3.05) is 39.5 Å². The monoisotopic (exact) mass is 207 g/mol. The SMILES string of the molecule is CN1CCN(S(C)(=O)=O)C(CN)C1. The van der Waals surface area contributed by atoms with Gasteiger partial charge in [0.1, 0.15) is 0 Å². The molecule has 1 aliphatic rings. The van der Waals surface area contributed by atoms with Gasteiger partial charge in [-0.25, -0.2) is 8.42 Å². The summed E-state index contributed by atoms with van der Waals surface area (Å²) < 4.78 is 24.1. The van der Waals surface area contributed by atoms with E-state index in [4.69, 9.17) is 5.73 Å². The van der Waals surface area contributed by atoms with Crippen LogP contribution in [0, 0.1) is 0 Å². The van der Waals surface area contributed by atoms with Crippen LogP contribution in [0.5, 0.6) is 0 Å². The van der Waals surface area contributed by atoms with Crippen LogP contribution in [0.3, 0.4) is 0 Å². The van der Waals surface area contributed by atoms with Crippen molar-refractivity contribution < 1.29 is 8.42 Å². The minimum Gasteiger partial charge on any atom is -0.329 e. The Hall–Kier alpha value is -0.170. The quantitative estimate of drug-likeness (QED) is 0.600. The van der Waals surface area contributed by atoms with Gasteiger partial charge in [-0.05, 0) is 7.05 Å². The molecule has 5 nitrogen and oxygen atoms in total. The molecule has 0 aromatic carbocycles. The van der Waals surface area contributed by atoms with Crippen molar-refractivity contribution in [2.45, 2.75) is 6.04 Å². The summed E-state index contributed by atoms with van der Waals surface area (Å²) in [6.45, 7) is 2.45. The Balaban J connectivity index is 2.74. The van der Waals surface area contributed by atoms with Crippen LogP contribution in [0.2, 0.25) is 0 Å². The molecule has 0 aliphatic carbocycles. The second-order valence-corrected chi connectivity index (χ2v) is 5.46. The molecule has 0 aromatic heterocycles. The standard InChI is InChI=1S/C7H17N3O2S/c1-9-3-4-10(13(2,11)12)7(5-8)6-9/h7H,3-6,8H2,1-2H3. The molecule has 2 N–H and O–H groups in total. The number of sulfonamides is 1. The Labute approximate surface area is 79.5 Å². The summed E-state index contributed by atoms with van der Waals surface area (Å²) in [5.41, 5.74) is 5.52. The lowest BCUT2D eigenvalue weighted by atomic mass is 10.2. The van der Waals surface area contributed by atoms with E-state index < -0.39 is 10.0 Å². The molecule has 13 heavy (non-hydrogen) atoms. The first-order valence-corrected chi connectivity index (χ1v) is 6.15. The van der Waals surface area contributed by atoms with Crippen LogP contribution in [0.4, 0.5) is 0 Å². The highest BCUT2D eigenvalue weighted by Crippen LogP contribution is 2.10. The number of hydrogen-bond donors (Lipinski definition) is 1. The molecule has 1 rings (SSSR count). The van der Waals surface area contributed by atoms with Crippen LogP contribution in [0.15, 0.2) is 0 Å². The fraction of sp³-hybridized carbons (Fsp3) is 1.00. The van der Waals surface area contributed by atoms with Gasteiger partial charge in [-0.1, -0.05) is 0 Å². The first-order chi connectivity index (χ1) is 5.95. The molecule has 78 valence electrons. The van der Waals surface area contributed by atoms with E-state index in [1.54, 1.807) is 0 Å². The first-order valence-electron chi connectivity index (χ1n) is 4.30. The summed E-state index contributed by atoms with van der Waals surface area (Å²) >= 11 is 0. The van der Waals surface area contributed by atoms with Crippen LogP contribution in [0.25, 0.3) is 0 Å². The third kappa shape index (κ3) is 2.63. The highest BCUT2D eigenvalue weighted by Gasteiger charge is 2.30. The molecule has 0 aromatic rings. The van der Waals surface area contributed by atoms with Gasteiger partial charge in [-0.3, -0.25) is 0 Å². The van der Waals surface area contributed by atoms with Crippen LogP contribution in [-0.4, -0.2) is 63.1 Å². The summed E-state index contributed by atoms with van der Waals surface area (Å²) in [6, 6.07) is -0.0613. The maximum absolute atomic E-state index is 11.3. The molecule has 1 heterocycles. The fourth-order valence-electron chi connectivity index (χ4n) is 1.62. The van der Waals surface area contributed by atoms with Crippen molar-refractivity contribution >= 4 is 10.0 Å². The van der Waals surface area contributed by atoms with Crippen LogP contribution < -0.4 is 5.73 Å². The lowest BCUT2D eigenvalue weighted by molar-refractivity contribution is 0.164. The van der Waals surface area contributed by atoms with E-state index >= 15 is 0 Å². The van der Waals surface area contributed by atoms with Gasteiger partial charge in [-0.15, -0.1) is 0 Å². The minimum absolute atomic E-state index is 0.0613. The predicted molar refractivity (Wildman–Crippen MR) is 51.9 cm³/mol. The maximum atomic E-state index is 11.3. The highest BCUT2D eigenvalue weighted by molar-refractivity contribution is 7.88. The van der Waals surface area contributed by atoms with E-state index in [0.29, 0.717) is 13.1 Å². The van der Waals surface area contributed by atoms with E-state index in [2.05, 4.69) is 4.90 Å². The van der Waals surface area contributed by atoms with E-state index in [1.807, 2.05) is 7.05 Å². The molecule has 0 radical (unpaired) electrons. The van der Waals surface area contributed by atoms with Crippen molar-refractivity contribution in [2.24, 2.45) is 5.73 Å². The van der Waals surface area contributed by atoms with Crippen molar-refractivity contribution in [3.63, 3.8) is 0 Å². The third-order valence-electron chi connectivity index (χ3n) is 2.33. The molecule has 1 unspecified atom stereocenters. The van der Waals surface area contributed by atoms with Crippen LogP contribution in [-0.2, 0) is 10.0 Å². The average molecular weight is 207 g/mol. The molecule has 6 heteroatoms. The summed E-state index contributed by atoms with van der Waals surface area (Å²) in [6.07, 6.45) is 1.24. The van der Waals surface area contributed by atoms with Gasteiger partial charge in [0.05, 0.1) is 6.26 Å². The number of nitrogens with zero attached hydrogens (tertiary/aromatic N) is 2. The molecule has 1 aliphatic heterocycles. The van der Waals surface area contributed by atoms with E-state index in [-0.39, 0.29) is 6.04 Å². The third-order valence-corrected chi connectivity index (χ3v) is 3.66. The Morgan fingerprint density at radius 1 is 1.46 bits per heavy atom. The Morgan fingerprint density at radius 3 is 2.54 bits per heavy atom. The summed E-state index contributed by atoms with van der Waals surface area (Å²) in [5, 5.41) is 0. The summed E-state index contributed by atoms with van der Waals surface area (Å²) in [5.74, 6) is 0. The lowest BCUT2D eigenvalue weighted by Gasteiger charge is -2.37. The van der Waals surface area contributed by atoms with Gasteiger partial charge in [-0.2, -0.15) is 4.31 Å². The van der Waals surface area contributed by atoms with E-state index in [9.17, 15) is 8.42 Å². The van der Waals surface area contributed by atoms with Gasteiger partial charge in [0.2, 0.25) is 10.0 Å². The molecule has 0 saturated carbocycles. The average Bonchev–Trinajstić information content (AvgIpc) is 2.01. The number of likely N-dealkylation sites (N-methyl/N-ethyl adjacent to an activating group) is 1. The topological polar surface area (TPSA) is 66.6 Å². The van der Waals surface area contributed by atoms with Crippen LogP contribution >= 0.6 is 0 Å². The molecule has 0 amide bonds. The first kappa shape index (κ1) is 10.9. The van der Waals surface area contributed by atoms with Crippen LogP contribution in [0.1, 0.15) is 0 Å². The smallest absolute Gasteiger partial charge is 0.211 e. The lowest BCUT2D eigenvalue weighted by Crippen LogP contribution is -2.56. The molecule has 1 saturated heterocycles. The Kier molecular flexibility index (Phi) is 3.28. The van der Waals surface area contributed by atoms with Gasteiger partial charge >= 0.3 is 0 Å². The molecular weight excluding hydrogens is 190 g/mol. The molecule has 0 bridgehead atoms. The highest BCUT2D eigenvalue weighted by atomic mass is 32.2. The summed E-state index contributed by atoms with van der Waals surface area (Å²) in [7, 11) is -1.11. The van der Waals surface area contributed by atoms with Gasteiger partial charge < -0.3 is 10.6 Å². The molecule has 0 spiro atoms.